The van der Waals surface area contributed by atoms with Gasteiger partial charge in [0, 0.05) is 18.4 Å². The van der Waals surface area contributed by atoms with E-state index in [9.17, 15) is 4.79 Å². The standard InChI is InChI=1S/C12H21N3O/c1-8(2)11(13)12(16)14-7-10-6-5-9(3)15(10)4/h5-6,8,11H,7,13H2,1-4H3,(H,14,16)/t11-/m0/s1. The number of nitrogens with one attached hydrogen (secondary N) is 1. The van der Waals surface area contributed by atoms with E-state index in [0.717, 1.165) is 5.69 Å². The van der Waals surface area contributed by atoms with Crippen LogP contribution in [0.4, 0.5) is 0 Å². The van der Waals surface area contributed by atoms with E-state index in [4.69, 9.17) is 5.73 Å². The number of aromatic nitrogens is 1. The second kappa shape index (κ2) is 5.16. The van der Waals surface area contributed by atoms with Crippen LogP contribution in [0, 0.1) is 12.8 Å². The van der Waals surface area contributed by atoms with Crippen molar-refractivity contribution in [3.8, 4) is 0 Å². The van der Waals surface area contributed by atoms with E-state index in [0.29, 0.717) is 6.54 Å². The van der Waals surface area contributed by atoms with Gasteiger partial charge in [-0.05, 0) is 25.0 Å². The average Bonchev–Trinajstić information content (AvgIpc) is 2.55. The molecule has 1 aromatic heterocycles. The maximum absolute atomic E-state index is 11.6. The third kappa shape index (κ3) is 2.85. The number of nitrogens with zero attached hydrogens (tertiary/aromatic N) is 1. The van der Waals surface area contributed by atoms with Crippen molar-refractivity contribution in [3.63, 3.8) is 0 Å². The SMILES string of the molecule is Cc1ccc(CNC(=O)[C@@H](N)C(C)C)n1C. The molecule has 0 fully saturated rings. The minimum atomic E-state index is -0.429. The lowest BCUT2D eigenvalue weighted by Gasteiger charge is -2.15. The maximum Gasteiger partial charge on any atom is 0.237 e. The molecular formula is C12H21N3O. The van der Waals surface area contributed by atoms with E-state index in [1.165, 1.54) is 5.69 Å². The van der Waals surface area contributed by atoms with Gasteiger partial charge in [0.15, 0.2) is 0 Å². The van der Waals surface area contributed by atoms with Crippen molar-refractivity contribution in [3.05, 3.63) is 23.5 Å². The third-order valence-corrected chi connectivity index (χ3v) is 2.94. The van der Waals surface area contributed by atoms with Crippen molar-refractivity contribution in [2.24, 2.45) is 18.7 Å². The number of nitrogens with two attached hydrogens (primary N) is 1. The van der Waals surface area contributed by atoms with E-state index in [-0.39, 0.29) is 11.8 Å². The molecule has 0 aliphatic heterocycles. The summed E-state index contributed by atoms with van der Waals surface area (Å²) < 4.78 is 2.06. The van der Waals surface area contributed by atoms with Crippen molar-refractivity contribution in [1.29, 1.82) is 0 Å². The van der Waals surface area contributed by atoms with E-state index in [2.05, 4.69) is 9.88 Å². The Hall–Kier alpha value is -1.29. The third-order valence-electron chi connectivity index (χ3n) is 2.94. The van der Waals surface area contributed by atoms with Gasteiger partial charge in [-0.25, -0.2) is 0 Å². The summed E-state index contributed by atoms with van der Waals surface area (Å²) in [5.41, 5.74) is 8.01. The van der Waals surface area contributed by atoms with Crippen molar-refractivity contribution >= 4 is 5.91 Å². The van der Waals surface area contributed by atoms with Gasteiger partial charge in [-0.3, -0.25) is 4.79 Å². The second-order valence-electron chi connectivity index (χ2n) is 4.51. The summed E-state index contributed by atoms with van der Waals surface area (Å²) in [6.45, 7) is 6.45. The van der Waals surface area contributed by atoms with Crippen LogP contribution in [0.5, 0.6) is 0 Å². The minimum Gasteiger partial charge on any atom is -0.350 e. The highest BCUT2D eigenvalue weighted by atomic mass is 16.2. The molecule has 90 valence electrons. The molecule has 1 heterocycles. The summed E-state index contributed by atoms with van der Waals surface area (Å²) in [5, 5.41) is 2.85. The van der Waals surface area contributed by atoms with Crippen molar-refractivity contribution in [2.45, 2.75) is 33.4 Å². The zero-order chi connectivity index (χ0) is 12.3. The van der Waals surface area contributed by atoms with E-state index in [1.54, 1.807) is 0 Å². The number of carbonyl (C=O) groups is 1. The molecule has 0 bridgehead atoms. The van der Waals surface area contributed by atoms with Crippen LogP contribution in [0.15, 0.2) is 12.1 Å². The number of hydrogen-bond acceptors (Lipinski definition) is 2. The molecule has 0 radical (unpaired) electrons. The van der Waals surface area contributed by atoms with Crippen LogP contribution in [0.3, 0.4) is 0 Å². The summed E-state index contributed by atoms with van der Waals surface area (Å²) in [4.78, 5) is 11.6. The molecule has 16 heavy (non-hydrogen) atoms. The molecule has 1 amide bonds. The van der Waals surface area contributed by atoms with Gasteiger partial charge in [0.25, 0.3) is 0 Å². The van der Waals surface area contributed by atoms with E-state index < -0.39 is 6.04 Å². The average molecular weight is 223 g/mol. The largest absolute Gasteiger partial charge is 0.350 e. The maximum atomic E-state index is 11.6. The van der Waals surface area contributed by atoms with Crippen LogP contribution in [-0.4, -0.2) is 16.5 Å². The lowest BCUT2D eigenvalue weighted by Crippen LogP contribution is -2.43. The molecule has 4 heteroatoms. The van der Waals surface area contributed by atoms with Gasteiger partial charge in [-0.1, -0.05) is 13.8 Å². The highest BCUT2D eigenvalue weighted by molar-refractivity contribution is 5.81. The molecule has 0 unspecified atom stereocenters. The smallest absolute Gasteiger partial charge is 0.237 e. The predicted molar refractivity (Wildman–Crippen MR) is 64.8 cm³/mol. The molecule has 4 nitrogen and oxygen atoms in total. The van der Waals surface area contributed by atoms with Gasteiger partial charge in [0.05, 0.1) is 12.6 Å². The first-order valence-electron chi connectivity index (χ1n) is 5.58. The zero-order valence-corrected chi connectivity index (χ0v) is 10.4. The van der Waals surface area contributed by atoms with Gasteiger partial charge in [0.2, 0.25) is 5.91 Å². The number of hydrogen-bond donors (Lipinski definition) is 2. The summed E-state index contributed by atoms with van der Waals surface area (Å²) in [5.74, 6) is 0.0731. The zero-order valence-electron chi connectivity index (χ0n) is 10.4. The van der Waals surface area contributed by atoms with Crippen LogP contribution in [0.2, 0.25) is 0 Å². The van der Waals surface area contributed by atoms with Gasteiger partial charge >= 0.3 is 0 Å². The molecule has 1 rings (SSSR count). The van der Waals surface area contributed by atoms with Crippen LogP contribution in [0.25, 0.3) is 0 Å². The number of aryl methyl sites for hydroxylation is 1. The quantitative estimate of drug-likeness (QED) is 0.798. The Kier molecular flexibility index (Phi) is 4.12. The monoisotopic (exact) mass is 223 g/mol. The number of amides is 1. The second-order valence-corrected chi connectivity index (χ2v) is 4.51. The lowest BCUT2D eigenvalue weighted by molar-refractivity contribution is -0.123. The van der Waals surface area contributed by atoms with Gasteiger partial charge < -0.3 is 15.6 Å². The van der Waals surface area contributed by atoms with Gasteiger partial charge in [0.1, 0.15) is 0 Å². The Bertz CT molecular complexity index is 368. The highest BCUT2D eigenvalue weighted by Crippen LogP contribution is 2.05. The first-order valence-corrected chi connectivity index (χ1v) is 5.58. The Labute approximate surface area is 96.8 Å². The fourth-order valence-corrected chi connectivity index (χ4v) is 1.44. The topological polar surface area (TPSA) is 60.1 Å². The molecule has 0 aromatic carbocycles. The fraction of sp³-hybridized carbons (Fsp3) is 0.583. The fourth-order valence-electron chi connectivity index (χ4n) is 1.44. The Balaban J connectivity index is 2.52. The summed E-state index contributed by atoms with van der Waals surface area (Å²) in [6, 6.07) is 3.61. The number of rotatable bonds is 4. The summed E-state index contributed by atoms with van der Waals surface area (Å²) >= 11 is 0. The molecule has 0 saturated carbocycles. The van der Waals surface area contributed by atoms with E-state index in [1.807, 2.05) is 40.0 Å². The molecule has 3 N–H and O–H groups in total. The van der Waals surface area contributed by atoms with Crippen LogP contribution in [0.1, 0.15) is 25.2 Å². The van der Waals surface area contributed by atoms with Crippen LogP contribution in [-0.2, 0) is 18.4 Å². The Morgan fingerprint density at radius 1 is 1.50 bits per heavy atom. The molecule has 0 aliphatic rings. The predicted octanol–water partition coefficient (Wildman–Crippen LogP) is 0.933. The first kappa shape index (κ1) is 12.8. The lowest BCUT2D eigenvalue weighted by atomic mass is 10.1. The van der Waals surface area contributed by atoms with Crippen molar-refractivity contribution in [2.75, 3.05) is 0 Å². The molecule has 1 atom stereocenters. The molecule has 0 aliphatic carbocycles. The first-order chi connectivity index (χ1) is 7.43. The van der Waals surface area contributed by atoms with Crippen LogP contribution >= 0.6 is 0 Å². The van der Waals surface area contributed by atoms with Crippen molar-refractivity contribution in [1.82, 2.24) is 9.88 Å². The summed E-state index contributed by atoms with van der Waals surface area (Å²) in [6.07, 6.45) is 0. The van der Waals surface area contributed by atoms with E-state index >= 15 is 0 Å². The highest BCUT2D eigenvalue weighted by Gasteiger charge is 2.16. The molecule has 1 aromatic rings. The van der Waals surface area contributed by atoms with Crippen molar-refractivity contribution < 1.29 is 4.79 Å². The molecular weight excluding hydrogens is 202 g/mol. The Morgan fingerprint density at radius 2 is 2.12 bits per heavy atom. The minimum absolute atomic E-state index is 0.0890. The molecule has 0 spiro atoms. The number of carbonyl (C=O) groups excluding carboxylic acids is 1. The van der Waals surface area contributed by atoms with Gasteiger partial charge in [-0.2, -0.15) is 0 Å². The van der Waals surface area contributed by atoms with Gasteiger partial charge in [-0.15, -0.1) is 0 Å². The Morgan fingerprint density at radius 3 is 2.56 bits per heavy atom. The summed E-state index contributed by atoms with van der Waals surface area (Å²) in [7, 11) is 1.99. The van der Waals surface area contributed by atoms with Crippen LogP contribution < -0.4 is 11.1 Å². The molecule has 0 saturated heterocycles. The normalized spacial score (nSPS) is 12.9.